The Morgan fingerprint density at radius 2 is 1.86 bits per heavy atom. The molecule has 0 amide bonds. The number of ether oxygens (including phenoxy) is 1. The van der Waals surface area contributed by atoms with Crippen molar-refractivity contribution >= 4 is 16.8 Å². The lowest BCUT2D eigenvalue weighted by molar-refractivity contribution is 0.0595. The second kappa shape index (κ2) is 6.63. The van der Waals surface area contributed by atoms with Gasteiger partial charge in [0.05, 0.1) is 29.2 Å². The van der Waals surface area contributed by atoms with Gasteiger partial charge in [-0.2, -0.15) is 0 Å². The summed E-state index contributed by atoms with van der Waals surface area (Å²) in [5.41, 5.74) is 1.53. The molecule has 5 heteroatoms. The topological polar surface area (TPSA) is 43.4 Å². The maximum Gasteiger partial charge on any atom is 0.340 e. The number of hydrogen-bond donors (Lipinski definition) is 0. The van der Waals surface area contributed by atoms with Gasteiger partial charge >= 0.3 is 5.97 Å². The number of esters is 1. The molecule has 0 saturated carbocycles. The molecule has 0 heterocycles. The van der Waals surface area contributed by atoms with Crippen LogP contribution in [0.4, 0.5) is 4.39 Å². The third kappa shape index (κ3) is 3.76. The minimum Gasteiger partial charge on any atom is -0.465 e. The molecule has 2 rings (SSSR count). The highest BCUT2D eigenvalue weighted by atomic mass is 32.2. The van der Waals surface area contributed by atoms with Crippen LogP contribution in [0.1, 0.15) is 21.5 Å². The van der Waals surface area contributed by atoms with Crippen LogP contribution in [-0.2, 0) is 21.3 Å². The largest absolute Gasteiger partial charge is 0.465 e. The smallest absolute Gasteiger partial charge is 0.340 e. The van der Waals surface area contributed by atoms with Crippen molar-refractivity contribution in [3.05, 3.63) is 65.0 Å². The summed E-state index contributed by atoms with van der Waals surface area (Å²) >= 11 is 0. The summed E-state index contributed by atoms with van der Waals surface area (Å²) in [5, 5.41) is 0. The molecule has 110 valence electrons. The van der Waals surface area contributed by atoms with E-state index in [2.05, 4.69) is 4.74 Å². The van der Waals surface area contributed by atoms with Gasteiger partial charge in [-0.05, 0) is 36.8 Å². The molecule has 3 nitrogen and oxygen atoms in total. The lowest BCUT2D eigenvalue weighted by Crippen LogP contribution is -2.05. The van der Waals surface area contributed by atoms with E-state index in [1.165, 1.54) is 19.2 Å². The molecule has 1 unspecified atom stereocenters. The first-order valence-corrected chi connectivity index (χ1v) is 7.65. The van der Waals surface area contributed by atoms with E-state index in [0.717, 1.165) is 5.56 Å². The van der Waals surface area contributed by atoms with Crippen molar-refractivity contribution in [1.82, 2.24) is 0 Å². The minimum absolute atomic E-state index is 0.123. The zero-order valence-corrected chi connectivity index (χ0v) is 12.6. The Hall–Kier alpha value is -2.01. The lowest BCUT2D eigenvalue weighted by Gasteiger charge is -2.06. The summed E-state index contributed by atoms with van der Waals surface area (Å²) in [6, 6.07) is 11.5. The molecule has 0 bridgehead atoms. The van der Waals surface area contributed by atoms with Gasteiger partial charge < -0.3 is 4.74 Å². The van der Waals surface area contributed by atoms with Crippen LogP contribution in [0.25, 0.3) is 0 Å². The van der Waals surface area contributed by atoms with Gasteiger partial charge in [0.2, 0.25) is 0 Å². The van der Waals surface area contributed by atoms with Crippen LogP contribution in [0, 0.1) is 12.7 Å². The fourth-order valence-corrected chi connectivity index (χ4v) is 2.94. The van der Waals surface area contributed by atoms with Crippen LogP contribution in [-0.4, -0.2) is 17.3 Å². The zero-order valence-electron chi connectivity index (χ0n) is 11.8. The molecule has 0 fully saturated rings. The summed E-state index contributed by atoms with van der Waals surface area (Å²) in [7, 11) is -0.0563. The van der Waals surface area contributed by atoms with Crippen molar-refractivity contribution in [1.29, 1.82) is 0 Å². The third-order valence-electron chi connectivity index (χ3n) is 3.02. The molecular weight excluding hydrogens is 291 g/mol. The molecule has 21 heavy (non-hydrogen) atoms. The Kier molecular flexibility index (Phi) is 4.85. The Morgan fingerprint density at radius 1 is 1.19 bits per heavy atom. The number of halogens is 1. The first-order chi connectivity index (χ1) is 10.0. The van der Waals surface area contributed by atoms with E-state index in [-0.39, 0.29) is 11.3 Å². The number of benzene rings is 2. The van der Waals surface area contributed by atoms with E-state index in [9.17, 15) is 13.4 Å². The molecule has 0 saturated heterocycles. The number of aryl methyl sites for hydroxylation is 1. The van der Waals surface area contributed by atoms with Gasteiger partial charge in [-0.15, -0.1) is 0 Å². The predicted octanol–water partition coefficient (Wildman–Crippen LogP) is 3.23. The molecule has 1 atom stereocenters. The molecular formula is C16H15FO3S. The van der Waals surface area contributed by atoms with Crippen molar-refractivity contribution in [3.63, 3.8) is 0 Å². The van der Waals surface area contributed by atoms with Crippen LogP contribution >= 0.6 is 0 Å². The summed E-state index contributed by atoms with van der Waals surface area (Å²) in [5.74, 6) is -1.19. The fourth-order valence-electron chi connectivity index (χ4n) is 1.85. The van der Waals surface area contributed by atoms with Crippen molar-refractivity contribution in [2.24, 2.45) is 0 Å². The quantitative estimate of drug-likeness (QED) is 0.815. The first-order valence-electron chi connectivity index (χ1n) is 6.33. The van der Waals surface area contributed by atoms with Gasteiger partial charge in [-0.25, -0.2) is 9.18 Å². The second-order valence-electron chi connectivity index (χ2n) is 4.61. The number of carbonyl (C=O) groups is 1. The molecule has 0 aliphatic rings. The molecule has 0 spiro atoms. The Morgan fingerprint density at radius 3 is 2.43 bits per heavy atom. The van der Waals surface area contributed by atoms with Gasteiger partial charge in [0.25, 0.3) is 0 Å². The van der Waals surface area contributed by atoms with Crippen LogP contribution in [0.2, 0.25) is 0 Å². The normalized spacial score (nSPS) is 12.0. The van der Waals surface area contributed by atoms with Crippen LogP contribution in [0.15, 0.2) is 47.4 Å². The van der Waals surface area contributed by atoms with E-state index < -0.39 is 22.6 Å². The Balaban J connectivity index is 2.16. The Labute approximate surface area is 125 Å². The van der Waals surface area contributed by atoms with Crippen LogP contribution in [0.3, 0.4) is 0 Å². The second-order valence-corrected chi connectivity index (χ2v) is 6.06. The molecule has 2 aromatic rings. The van der Waals surface area contributed by atoms with Gasteiger partial charge in [0.15, 0.2) is 0 Å². The molecule has 0 aromatic heterocycles. The molecule has 2 aromatic carbocycles. The van der Waals surface area contributed by atoms with E-state index in [4.69, 9.17) is 0 Å². The molecule has 0 radical (unpaired) electrons. The average molecular weight is 306 g/mol. The summed E-state index contributed by atoms with van der Waals surface area (Å²) in [6.45, 7) is 1.95. The number of carbonyl (C=O) groups excluding carboxylic acids is 1. The van der Waals surface area contributed by atoms with Crippen molar-refractivity contribution in [3.8, 4) is 0 Å². The minimum atomic E-state index is -1.25. The van der Waals surface area contributed by atoms with Crippen LogP contribution < -0.4 is 0 Å². The van der Waals surface area contributed by atoms with E-state index in [1.54, 1.807) is 18.2 Å². The van der Waals surface area contributed by atoms with E-state index in [1.807, 2.05) is 19.1 Å². The summed E-state index contributed by atoms with van der Waals surface area (Å²) in [4.78, 5) is 12.0. The van der Waals surface area contributed by atoms with Gasteiger partial charge in [-0.1, -0.05) is 23.8 Å². The van der Waals surface area contributed by atoms with E-state index >= 15 is 0 Å². The highest BCUT2D eigenvalue weighted by Gasteiger charge is 2.13. The monoisotopic (exact) mass is 306 g/mol. The van der Waals surface area contributed by atoms with Gasteiger partial charge in [-0.3, -0.25) is 4.21 Å². The zero-order chi connectivity index (χ0) is 15.4. The van der Waals surface area contributed by atoms with Gasteiger partial charge in [0.1, 0.15) is 5.82 Å². The third-order valence-corrected chi connectivity index (χ3v) is 4.41. The van der Waals surface area contributed by atoms with Gasteiger partial charge in [0, 0.05) is 4.90 Å². The SMILES string of the molecule is COC(=O)c1ccc(CS(=O)c2ccc(C)cc2)cc1F. The number of methoxy groups -OCH3 is 1. The fraction of sp³-hybridized carbons (Fsp3) is 0.188. The standard InChI is InChI=1S/C16H15FO3S/c1-11-3-6-13(7-4-11)21(19)10-12-5-8-14(15(17)9-12)16(18)20-2/h3-9H,10H2,1-2H3. The lowest BCUT2D eigenvalue weighted by atomic mass is 10.1. The highest BCUT2D eigenvalue weighted by molar-refractivity contribution is 7.84. The number of rotatable bonds is 4. The van der Waals surface area contributed by atoms with E-state index in [0.29, 0.717) is 10.5 Å². The number of hydrogen-bond acceptors (Lipinski definition) is 3. The maximum atomic E-state index is 13.8. The molecule has 0 aliphatic carbocycles. The van der Waals surface area contributed by atoms with Crippen molar-refractivity contribution in [2.75, 3.05) is 7.11 Å². The van der Waals surface area contributed by atoms with Crippen molar-refractivity contribution < 1.29 is 18.1 Å². The van der Waals surface area contributed by atoms with Crippen molar-refractivity contribution in [2.45, 2.75) is 17.6 Å². The van der Waals surface area contributed by atoms with Crippen LogP contribution in [0.5, 0.6) is 0 Å². The Bertz CT molecular complexity index is 680. The highest BCUT2D eigenvalue weighted by Crippen LogP contribution is 2.16. The average Bonchev–Trinajstić information content (AvgIpc) is 2.47. The summed E-state index contributed by atoms with van der Waals surface area (Å²) in [6.07, 6.45) is 0. The first kappa shape index (κ1) is 15.4. The molecule has 0 aliphatic heterocycles. The predicted molar refractivity (Wildman–Crippen MR) is 79.0 cm³/mol. The maximum absolute atomic E-state index is 13.8. The summed E-state index contributed by atoms with van der Waals surface area (Å²) < 4.78 is 30.5. The molecule has 0 N–H and O–H groups in total.